The number of fused-ring (bicyclic) bond motifs is 3. The van der Waals surface area contributed by atoms with Gasteiger partial charge in [-0.2, -0.15) is 0 Å². The van der Waals surface area contributed by atoms with Crippen molar-refractivity contribution < 1.29 is 14.6 Å². The maximum atomic E-state index is 13.0. The van der Waals surface area contributed by atoms with Crippen LogP contribution < -0.4 is 0 Å². The summed E-state index contributed by atoms with van der Waals surface area (Å²) in [5.74, 6) is 0.569. The summed E-state index contributed by atoms with van der Waals surface area (Å²) >= 11 is 0. The second-order valence-electron chi connectivity index (χ2n) is 9.15. The summed E-state index contributed by atoms with van der Waals surface area (Å²) in [5, 5.41) is 10.3. The molecule has 0 spiro atoms. The first-order chi connectivity index (χ1) is 13.9. The Morgan fingerprint density at radius 2 is 1.59 bits per heavy atom. The van der Waals surface area contributed by atoms with Crippen LogP contribution >= 0.6 is 0 Å². The fourth-order valence-electron chi connectivity index (χ4n) is 4.86. The fourth-order valence-corrected chi connectivity index (χ4v) is 4.86. The highest BCUT2D eigenvalue weighted by atomic mass is 16.6. The lowest BCUT2D eigenvalue weighted by molar-refractivity contribution is 0.0227. The van der Waals surface area contributed by atoms with E-state index in [1.54, 1.807) is 18.7 Å². The molecule has 0 heterocycles. The van der Waals surface area contributed by atoms with E-state index in [4.69, 9.17) is 4.74 Å². The van der Waals surface area contributed by atoms with Crippen LogP contribution in [0.3, 0.4) is 0 Å². The first kappa shape index (κ1) is 20.0. The molecule has 2 aromatic carbocycles. The van der Waals surface area contributed by atoms with E-state index < -0.39 is 5.60 Å². The largest absolute Gasteiger partial charge is 0.448 e. The number of benzene rings is 2. The normalized spacial score (nSPS) is 16.5. The van der Waals surface area contributed by atoms with Gasteiger partial charge >= 0.3 is 6.09 Å². The summed E-state index contributed by atoms with van der Waals surface area (Å²) in [7, 11) is 0. The van der Waals surface area contributed by atoms with Crippen LogP contribution in [0.2, 0.25) is 0 Å². The molecule has 4 heteroatoms. The van der Waals surface area contributed by atoms with E-state index >= 15 is 0 Å². The lowest BCUT2D eigenvalue weighted by atomic mass is 9.98. The predicted molar refractivity (Wildman–Crippen MR) is 115 cm³/mol. The molecule has 4 rings (SSSR count). The van der Waals surface area contributed by atoms with Crippen LogP contribution in [0, 0.1) is 5.92 Å². The first-order valence-electron chi connectivity index (χ1n) is 10.7. The van der Waals surface area contributed by atoms with Gasteiger partial charge in [0.25, 0.3) is 0 Å². The Morgan fingerprint density at radius 3 is 2.14 bits per heavy atom. The number of ether oxygens (including phenoxy) is 1. The number of aliphatic hydroxyl groups is 1. The van der Waals surface area contributed by atoms with Gasteiger partial charge in [0.15, 0.2) is 0 Å². The van der Waals surface area contributed by atoms with E-state index in [2.05, 4.69) is 36.4 Å². The number of carbonyl (C=O) groups is 1. The van der Waals surface area contributed by atoms with Crippen molar-refractivity contribution in [3.05, 3.63) is 59.7 Å². The molecular weight excluding hydrogens is 362 g/mol. The average molecular weight is 394 g/mol. The van der Waals surface area contributed by atoms with Crippen molar-refractivity contribution in [2.45, 2.75) is 51.0 Å². The number of hydrogen-bond acceptors (Lipinski definition) is 3. The summed E-state index contributed by atoms with van der Waals surface area (Å²) in [4.78, 5) is 14.7. The van der Waals surface area contributed by atoms with Gasteiger partial charge < -0.3 is 14.7 Å². The minimum atomic E-state index is -0.940. The van der Waals surface area contributed by atoms with E-state index in [0.29, 0.717) is 25.6 Å². The van der Waals surface area contributed by atoms with Crippen LogP contribution in [0.1, 0.15) is 56.6 Å². The molecule has 4 nitrogen and oxygen atoms in total. The summed E-state index contributed by atoms with van der Waals surface area (Å²) in [6.45, 7) is 4.76. The zero-order chi connectivity index (χ0) is 20.4. The molecule has 1 fully saturated rings. The van der Waals surface area contributed by atoms with Crippen LogP contribution in [0.5, 0.6) is 0 Å². The van der Waals surface area contributed by atoms with E-state index in [1.165, 1.54) is 35.1 Å². The second-order valence-corrected chi connectivity index (χ2v) is 9.15. The molecule has 1 saturated carbocycles. The molecular formula is C25H31NO3. The SMILES string of the molecule is CC(C)(O)CN(CC1CCCC1)C(=O)OCC1c2ccccc2-c2ccccc21. The molecule has 1 N–H and O–H groups in total. The highest BCUT2D eigenvalue weighted by Gasteiger charge is 2.31. The standard InChI is InChI=1S/C25H31NO3/c1-25(2,28)17-26(15-18-9-3-4-10-18)24(27)29-16-23-21-13-7-5-11-19(21)20-12-6-8-14-22(20)23/h5-8,11-14,18,23,28H,3-4,9-10,15-17H2,1-2H3. The molecule has 0 bridgehead atoms. The zero-order valence-corrected chi connectivity index (χ0v) is 17.4. The molecule has 29 heavy (non-hydrogen) atoms. The monoisotopic (exact) mass is 393 g/mol. The van der Waals surface area contributed by atoms with Gasteiger partial charge in [-0.05, 0) is 54.9 Å². The molecule has 0 unspecified atom stereocenters. The molecule has 154 valence electrons. The third-order valence-corrected chi connectivity index (χ3v) is 6.13. The van der Waals surface area contributed by atoms with Crippen molar-refractivity contribution in [2.24, 2.45) is 5.92 Å². The smallest absolute Gasteiger partial charge is 0.409 e. The Kier molecular flexibility index (Phi) is 5.64. The highest BCUT2D eigenvalue weighted by Crippen LogP contribution is 2.44. The van der Waals surface area contributed by atoms with E-state index in [1.807, 2.05) is 12.1 Å². The summed E-state index contributed by atoms with van der Waals surface area (Å²) in [5.41, 5.74) is 3.94. The topological polar surface area (TPSA) is 49.8 Å². The number of hydrogen-bond donors (Lipinski definition) is 1. The Morgan fingerprint density at radius 1 is 1.03 bits per heavy atom. The molecule has 0 radical (unpaired) electrons. The van der Waals surface area contributed by atoms with Crippen molar-refractivity contribution in [3.8, 4) is 11.1 Å². The third-order valence-electron chi connectivity index (χ3n) is 6.13. The summed E-state index contributed by atoms with van der Waals surface area (Å²) in [6.07, 6.45) is 4.44. The first-order valence-corrected chi connectivity index (χ1v) is 10.7. The van der Waals surface area contributed by atoms with Gasteiger partial charge in [0.2, 0.25) is 0 Å². The van der Waals surface area contributed by atoms with Crippen molar-refractivity contribution in [1.82, 2.24) is 4.90 Å². The molecule has 0 aliphatic heterocycles. The average Bonchev–Trinajstić information content (AvgIpc) is 3.31. The molecule has 2 aliphatic rings. The number of nitrogens with zero attached hydrogens (tertiary/aromatic N) is 1. The Balaban J connectivity index is 1.48. The van der Waals surface area contributed by atoms with E-state index in [9.17, 15) is 9.90 Å². The minimum absolute atomic E-state index is 0.0572. The maximum Gasteiger partial charge on any atom is 0.409 e. The van der Waals surface area contributed by atoms with Gasteiger partial charge in [-0.15, -0.1) is 0 Å². The van der Waals surface area contributed by atoms with Gasteiger partial charge in [-0.3, -0.25) is 0 Å². The van der Waals surface area contributed by atoms with Crippen LogP contribution in [0.15, 0.2) is 48.5 Å². The van der Waals surface area contributed by atoms with Gasteiger partial charge in [0.1, 0.15) is 6.61 Å². The van der Waals surface area contributed by atoms with Gasteiger partial charge in [0.05, 0.1) is 12.1 Å². The van der Waals surface area contributed by atoms with E-state index in [0.717, 1.165) is 12.8 Å². The fraction of sp³-hybridized carbons (Fsp3) is 0.480. The molecule has 1 amide bonds. The maximum absolute atomic E-state index is 13.0. The lowest BCUT2D eigenvalue weighted by Gasteiger charge is -2.31. The van der Waals surface area contributed by atoms with Gasteiger partial charge in [-0.25, -0.2) is 4.79 Å². The number of amides is 1. The van der Waals surface area contributed by atoms with Crippen molar-refractivity contribution in [2.75, 3.05) is 19.7 Å². The Hall–Kier alpha value is -2.33. The third kappa shape index (κ3) is 4.48. The molecule has 0 aromatic heterocycles. The summed E-state index contributed by atoms with van der Waals surface area (Å²) in [6, 6.07) is 16.7. The minimum Gasteiger partial charge on any atom is -0.448 e. The number of rotatable bonds is 6. The van der Waals surface area contributed by atoms with E-state index in [-0.39, 0.29) is 12.0 Å². The summed E-state index contributed by atoms with van der Waals surface area (Å²) < 4.78 is 5.83. The van der Waals surface area contributed by atoms with Crippen molar-refractivity contribution in [1.29, 1.82) is 0 Å². The van der Waals surface area contributed by atoms with Crippen LogP contribution in [-0.2, 0) is 4.74 Å². The quantitative estimate of drug-likeness (QED) is 0.734. The second kappa shape index (κ2) is 8.19. The van der Waals surface area contributed by atoms with Gasteiger partial charge in [-0.1, -0.05) is 61.4 Å². The highest BCUT2D eigenvalue weighted by molar-refractivity contribution is 5.79. The van der Waals surface area contributed by atoms with Crippen molar-refractivity contribution in [3.63, 3.8) is 0 Å². The molecule has 2 aromatic rings. The molecule has 0 atom stereocenters. The van der Waals surface area contributed by atoms with Gasteiger partial charge in [0, 0.05) is 12.5 Å². The molecule has 0 saturated heterocycles. The predicted octanol–water partition coefficient (Wildman–Crippen LogP) is 5.20. The van der Waals surface area contributed by atoms with Crippen LogP contribution in [0.4, 0.5) is 4.79 Å². The zero-order valence-electron chi connectivity index (χ0n) is 17.4. The number of carbonyl (C=O) groups excluding carboxylic acids is 1. The Bertz CT molecular complexity index is 819. The van der Waals surface area contributed by atoms with Crippen molar-refractivity contribution >= 4 is 6.09 Å². The van der Waals surface area contributed by atoms with Crippen LogP contribution in [0.25, 0.3) is 11.1 Å². The Labute approximate surface area is 173 Å². The molecule has 2 aliphatic carbocycles. The van der Waals surface area contributed by atoms with Crippen LogP contribution in [-0.4, -0.2) is 41.4 Å². The lowest BCUT2D eigenvalue weighted by Crippen LogP contribution is -2.44.